The van der Waals surface area contributed by atoms with E-state index in [0.717, 1.165) is 50.9 Å². The summed E-state index contributed by atoms with van der Waals surface area (Å²) in [5, 5.41) is 0.639. The second kappa shape index (κ2) is 7.46. The van der Waals surface area contributed by atoms with Crippen LogP contribution in [0.4, 0.5) is 0 Å². The molecule has 1 aromatic carbocycles. The molecule has 1 aliphatic heterocycles. The number of aryl methyl sites for hydroxylation is 1. The molecule has 1 aliphatic carbocycles. The Morgan fingerprint density at radius 1 is 1.24 bits per heavy atom. The summed E-state index contributed by atoms with van der Waals surface area (Å²) in [7, 11) is 0. The van der Waals surface area contributed by atoms with Gasteiger partial charge in [-0.1, -0.05) is 31.5 Å². The Morgan fingerprint density at radius 3 is 2.72 bits per heavy atom. The second-order valence-corrected chi connectivity index (χ2v) is 7.58. The van der Waals surface area contributed by atoms with Crippen LogP contribution in [0, 0.1) is 0 Å². The number of nitrogens with zero attached hydrogens (tertiary/aromatic N) is 2. The zero-order chi connectivity index (χ0) is 18.0. The molecule has 3 rings (SSSR count). The summed E-state index contributed by atoms with van der Waals surface area (Å²) in [5.74, 6) is -0.0439. The van der Waals surface area contributed by atoms with Crippen LogP contribution in [0.2, 0.25) is 5.02 Å². The molecule has 136 valence electrons. The highest BCUT2D eigenvalue weighted by molar-refractivity contribution is 6.30. The molecule has 5 heteroatoms. The van der Waals surface area contributed by atoms with Crippen molar-refractivity contribution in [2.45, 2.75) is 51.4 Å². The third-order valence-corrected chi connectivity index (χ3v) is 6.03. The summed E-state index contributed by atoms with van der Waals surface area (Å²) in [6, 6.07) is 5.79. The Labute approximate surface area is 155 Å². The van der Waals surface area contributed by atoms with Gasteiger partial charge in [0, 0.05) is 18.0 Å². The topological polar surface area (TPSA) is 40.6 Å². The normalized spacial score (nSPS) is 23.0. The van der Waals surface area contributed by atoms with Gasteiger partial charge in [-0.3, -0.25) is 14.5 Å². The largest absolute Gasteiger partial charge is 0.304 e. The van der Waals surface area contributed by atoms with Crippen molar-refractivity contribution in [1.82, 2.24) is 9.80 Å². The van der Waals surface area contributed by atoms with Crippen LogP contribution in [0.15, 0.2) is 18.2 Å². The number of amides is 2. The van der Waals surface area contributed by atoms with Gasteiger partial charge in [-0.15, -0.1) is 0 Å². The number of imide groups is 1. The van der Waals surface area contributed by atoms with Gasteiger partial charge in [-0.05, 0) is 68.6 Å². The molecule has 1 heterocycles. The molecule has 0 saturated carbocycles. The third kappa shape index (κ3) is 3.34. The lowest BCUT2D eigenvalue weighted by molar-refractivity contribution is -0.140. The number of carbonyl (C=O) groups is 2. The first-order valence-electron chi connectivity index (χ1n) is 9.38. The van der Waals surface area contributed by atoms with Gasteiger partial charge >= 0.3 is 0 Å². The van der Waals surface area contributed by atoms with E-state index in [2.05, 4.69) is 18.7 Å². The van der Waals surface area contributed by atoms with Crippen molar-refractivity contribution in [2.24, 2.45) is 0 Å². The molecular weight excluding hydrogens is 336 g/mol. The lowest BCUT2D eigenvalue weighted by Gasteiger charge is -2.33. The van der Waals surface area contributed by atoms with E-state index in [0.29, 0.717) is 18.0 Å². The van der Waals surface area contributed by atoms with E-state index in [-0.39, 0.29) is 11.8 Å². The number of likely N-dealkylation sites (tertiary alicyclic amines) is 1. The first kappa shape index (κ1) is 18.4. The Kier molecular flexibility index (Phi) is 5.49. The Balaban J connectivity index is 1.79. The van der Waals surface area contributed by atoms with Crippen LogP contribution in [0.25, 0.3) is 0 Å². The van der Waals surface area contributed by atoms with E-state index in [4.69, 9.17) is 11.6 Å². The predicted octanol–water partition coefficient (Wildman–Crippen LogP) is 3.40. The van der Waals surface area contributed by atoms with Gasteiger partial charge in [0.15, 0.2) is 0 Å². The zero-order valence-corrected chi connectivity index (χ0v) is 15.9. The Bertz CT molecular complexity index is 672. The van der Waals surface area contributed by atoms with Gasteiger partial charge in [0.05, 0.1) is 5.41 Å². The molecule has 0 N–H and O–H groups in total. The fraction of sp³-hybridized carbons (Fsp3) is 0.600. The summed E-state index contributed by atoms with van der Waals surface area (Å²) in [4.78, 5) is 29.7. The third-order valence-electron chi connectivity index (χ3n) is 5.80. The molecule has 1 atom stereocenters. The predicted molar refractivity (Wildman–Crippen MR) is 99.8 cm³/mol. The molecule has 25 heavy (non-hydrogen) atoms. The van der Waals surface area contributed by atoms with Crippen LogP contribution in [0.1, 0.15) is 50.7 Å². The minimum absolute atomic E-state index is 0.0136. The lowest BCUT2D eigenvalue weighted by atomic mass is 9.69. The minimum Gasteiger partial charge on any atom is -0.304 e. The fourth-order valence-corrected chi connectivity index (χ4v) is 4.52. The Hall–Kier alpha value is -1.39. The maximum Gasteiger partial charge on any atom is 0.240 e. The van der Waals surface area contributed by atoms with Crippen molar-refractivity contribution in [3.8, 4) is 0 Å². The van der Waals surface area contributed by atoms with E-state index < -0.39 is 5.41 Å². The highest BCUT2D eigenvalue weighted by Gasteiger charge is 2.53. The van der Waals surface area contributed by atoms with Crippen molar-refractivity contribution in [3.63, 3.8) is 0 Å². The van der Waals surface area contributed by atoms with Crippen LogP contribution in [-0.4, -0.2) is 47.8 Å². The molecule has 0 radical (unpaired) electrons. The summed E-state index contributed by atoms with van der Waals surface area (Å²) in [6.45, 7) is 7.69. The summed E-state index contributed by atoms with van der Waals surface area (Å²) in [6.07, 6.45) is 3.78. The fourth-order valence-electron chi connectivity index (χ4n) is 4.35. The number of benzene rings is 1. The van der Waals surface area contributed by atoms with E-state index in [1.54, 1.807) is 0 Å². The van der Waals surface area contributed by atoms with Crippen LogP contribution in [0.3, 0.4) is 0 Å². The van der Waals surface area contributed by atoms with Crippen molar-refractivity contribution in [1.29, 1.82) is 0 Å². The number of carbonyl (C=O) groups excluding carboxylic acids is 2. The highest BCUT2D eigenvalue weighted by atomic mass is 35.5. The Morgan fingerprint density at radius 2 is 2.00 bits per heavy atom. The van der Waals surface area contributed by atoms with E-state index in [1.165, 1.54) is 10.5 Å². The number of rotatable bonds is 6. The molecule has 4 nitrogen and oxygen atoms in total. The molecule has 0 aromatic heterocycles. The first-order chi connectivity index (χ1) is 12.0. The summed E-state index contributed by atoms with van der Waals surface area (Å²) >= 11 is 6.19. The van der Waals surface area contributed by atoms with Gasteiger partial charge in [-0.2, -0.15) is 0 Å². The quantitative estimate of drug-likeness (QED) is 0.728. The van der Waals surface area contributed by atoms with E-state index in [9.17, 15) is 9.59 Å². The lowest BCUT2D eigenvalue weighted by Crippen LogP contribution is -2.41. The van der Waals surface area contributed by atoms with Gasteiger partial charge in [0.1, 0.15) is 0 Å². The van der Waals surface area contributed by atoms with Gasteiger partial charge in [-0.25, -0.2) is 0 Å². The van der Waals surface area contributed by atoms with Gasteiger partial charge in [0.2, 0.25) is 11.8 Å². The van der Waals surface area contributed by atoms with Crippen LogP contribution < -0.4 is 0 Å². The highest BCUT2D eigenvalue weighted by Crippen LogP contribution is 2.46. The molecule has 1 saturated heterocycles. The summed E-state index contributed by atoms with van der Waals surface area (Å²) in [5.41, 5.74) is 1.47. The molecular formula is C20H27ClN2O2. The van der Waals surface area contributed by atoms with Crippen molar-refractivity contribution >= 4 is 23.4 Å². The first-order valence-corrected chi connectivity index (χ1v) is 9.75. The van der Waals surface area contributed by atoms with E-state index >= 15 is 0 Å². The standard InChI is InChI=1S/C20H27ClN2O2/c1-3-22(4-2)11-6-12-23-18(24)14-20(19(23)25)10-5-7-15-8-9-16(21)13-17(15)20/h8-9,13H,3-7,10-12,14H2,1-2H3. The van der Waals surface area contributed by atoms with Crippen LogP contribution in [-0.2, 0) is 21.4 Å². The van der Waals surface area contributed by atoms with Crippen LogP contribution in [0.5, 0.6) is 0 Å². The number of hydrogen-bond acceptors (Lipinski definition) is 3. The number of fused-ring (bicyclic) bond motifs is 2. The van der Waals surface area contributed by atoms with Crippen molar-refractivity contribution in [3.05, 3.63) is 34.3 Å². The van der Waals surface area contributed by atoms with E-state index in [1.807, 2.05) is 18.2 Å². The molecule has 0 bridgehead atoms. The second-order valence-electron chi connectivity index (χ2n) is 7.14. The zero-order valence-electron chi connectivity index (χ0n) is 15.2. The van der Waals surface area contributed by atoms with Gasteiger partial charge in [0.25, 0.3) is 0 Å². The maximum atomic E-state index is 13.2. The average Bonchev–Trinajstić information content (AvgIpc) is 2.84. The molecule has 1 unspecified atom stereocenters. The monoisotopic (exact) mass is 362 g/mol. The number of hydrogen-bond donors (Lipinski definition) is 0. The van der Waals surface area contributed by atoms with Crippen molar-refractivity contribution in [2.75, 3.05) is 26.2 Å². The molecule has 1 aromatic rings. The maximum absolute atomic E-state index is 13.2. The summed E-state index contributed by atoms with van der Waals surface area (Å²) < 4.78 is 0. The SMILES string of the molecule is CCN(CC)CCCN1C(=O)CC2(CCCc3ccc(Cl)cc32)C1=O. The molecule has 2 amide bonds. The van der Waals surface area contributed by atoms with Crippen molar-refractivity contribution < 1.29 is 9.59 Å². The molecule has 1 fully saturated rings. The van der Waals surface area contributed by atoms with Crippen LogP contribution >= 0.6 is 11.6 Å². The smallest absolute Gasteiger partial charge is 0.240 e. The minimum atomic E-state index is -0.676. The molecule has 1 spiro atoms. The molecule has 2 aliphatic rings. The van der Waals surface area contributed by atoms with Gasteiger partial charge < -0.3 is 4.90 Å². The average molecular weight is 363 g/mol. The number of halogens is 1.